The van der Waals surface area contributed by atoms with E-state index in [1.54, 1.807) is 0 Å². The lowest BCUT2D eigenvalue weighted by Gasteiger charge is -2.11. The normalized spacial score (nSPS) is 11.4. The first-order valence-electron chi connectivity index (χ1n) is 9.23. The van der Waals surface area contributed by atoms with Crippen molar-refractivity contribution in [2.24, 2.45) is 4.99 Å². The molecule has 0 aliphatic carbocycles. The summed E-state index contributed by atoms with van der Waals surface area (Å²) in [6.07, 6.45) is 6.02. The van der Waals surface area contributed by atoms with Gasteiger partial charge in [0.15, 0.2) is 11.6 Å². The molecule has 0 saturated heterocycles. The number of nitrogens with one attached hydrogen (secondary N) is 2. The number of rotatable bonds is 11. The van der Waals surface area contributed by atoms with Crippen molar-refractivity contribution in [3.8, 4) is 0 Å². The number of nitrogens with zero attached hydrogens (tertiary/aromatic N) is 4. The summed E-state index contributed by atoms with van der Waals surface area (Å²) >= 11 is 0. The Morgan fingerprint density at radius 1 is 1.15 bits per heavy atom. The number of pyridine rings is 1. The molecule has 2 heterocycles. The summed E-state index contributed by atoms with van der Waals surface area (Å²) in [5.41, 5.74) is 0.876. The Labute approximate surface area is 173 Å². The molecule has 0 unspecified atom stereocenters. The van der Waals surface area contributed by atoms with Crippen molar-refractivity contribution >= 4 is 35.6 Å². The van der Waals surface area contributed by atoms with Gasteiger partial charge in [-0.3, -0.25) is 9.39 Å². The van der Waals surface area contributed by atoms with Crippen molar-refractivity contribution in [3.05, 3.63) is 30.2 Å². The van der Waals surface area contributed by atoms with Crippen LogP contribution in [0.5, 0.6) is 0 Å². The Balaban J connectivity index is 0.00000338. The van der Waals surface area contributed by atoms with Crippen molar-refractivity contribution in [3.63, 3.8) is 0 Å². The summed E-state index contributed by atoms with van der Waals surface area (Å²) in [6.45, 7) is 8.22. The molecule has 2 rings (SSSR count). The topological polar surface area (TPSA) is 75.8 Å². The number of halogens is 1. The largest absolute Gasteiger partial charge is 0.381 e. The molecule has 0 saturated carbocycles. The molecule has 2 N–H and O–H groups in total. The van der Waals surface area contributed by atoms with Gasteiger partial charge in [0.1, 0.15) is 5.82 Å². The number of aromatic nitrogens is 3. The van der Waals surface area contributed by atoms with Crippen molar-refractivity contribution in [1.82, 2.24) is 25.2 Å². The van der Waals surface area contributed by atoms with E-state index in [1.165, 1.54) is 6.42 Å². The number of aliphatic imine (C=N–C) groups is 1. The minimum Gasteiger partial charge on any atom is -0.381 e. The molecule has 8 heteroatoms. The zero-order valence-electron chi connectivity index (χ0n) is 15.8. The van der Waals surface area contributed by atoms with Gasteiger partial charge in [-0.25, -0.2) is 0 Å². The minimum atomic E-state index is 0. The van der Waals surface area contributed by atoms with E-state index in [2.05, 4.69) is 39.7 Å². The zero-order valence-corrected chi connectivity index (χ0v) is 18.1. The van der Waals surface area contributed by atoms with Crippen LogP contribution in [-0.4, -0.2) is 53.4 Å². The summed E-state index contributed by atoms with van der Waals surface area (Å²) in [7, 11) is 0. The second-order valence-corrected chi connectivity index (χ2v) is 5.80. The SMILES string of the molecule is CCCCOCCCN=C(NCC)NCCc1nnc2ccccn12.I. The summed E-state index contributed by atoms with van der Waals surface area (Å²) in [5.74, 6) is 1.79. The molecular formula is C18H31IN6O. The van der Waals surface area contributed by atoms with Gasteiger partial charge < -0.3 is 15.4 Å². The number of hydrogen-bond donors (Lipinski definition) is 2. The number of unbranched alkanes of at least 4 members (excludes halogenated alkanes) is 1. The Kier molecular flexibility index (Phi) is 12.0. The second-order valence-electron chi connectivity index (χ2n) is 5.80. The fraction of sp³-hybridized carbons (Fsp3) is 0.611. The van der Waals surface area contributed by atoms with Crippen LogP contribution < -0.4 is 10.6 Å². The molecule has 0 atom stereocenters. The lowest BCUT2D eigenvalue weighted by atomic mass is 10.4. The molecule has 0 amide bonds. The minimum absolute atomic E-state index is 0. The number of hydrogen-bond acceptors (Lipinski definition) is 4. The predicted molar refractivity (Wildman–Crippen MR) is 116 cm³/mol. The van der Waals surface area contributed by atoms with E-state index in [-0.39, 0.29) is 24.0 Å². The maximum absolute atomic E-state index is 5.56. The van der Waals surface area contributed by atoms with Crippen LogP contribution in [0.1, 0.15) is 38.9 Å². The maximum Gasteiger partial charge on any atom is 0.191 e. The van der Waals surface area contributed by atoms with Gasteiger partial charge in [-0.2, -0.15) is 0 Å². The average molecular weight is 474 g/mol. The third-order valence-corrected chi connectivity index (χ3v) is 3.73. The first kappa shape index (κ1) is 22.6. The summed E-state index contributed by atoms with van der Waals surface area (Å²) in [6, 6.07) is 5.91. The van der Waals surface area contributed by atoms with Gasteiger partial charge in [-0.1, -0.05) is 19.4 Å². The van der Waals surface area contributed by atoms with Crippen molar-refractivity contribution in [1.29, 1.82) is 0 Å². The lowest BCUT2D eigenvalue weighted by Crippen LogP contribution is -2.38. The van der Waals surface area contributed by atoms with Crippen LogP contribution in [0.15, 0.2) is 29.4 Å². The van der Waals surface area contributed by atoms with Crippen LogP contribution >= 0.6 is 24.0 Å². The summed E-state index contributed by atoms with van der Waals surface area (Å²) in [5, 5.41) is 15.0. The molecule has 0 fully saturated rings. The van der Waals surface area contributed by atoms with E-state index < -0.39 is 0 Å². The standard InChI is InChI=1S/C18H30N6O.HI/c1-3-5-14-25-15-8-11-20-18(19-4-2)21-12-10-17-23-22-16-9-6-7-13-24(16)17;/h6-7,9,13H,3-5,8,10-12,14-15H2,1-2H3,(H2,19,20,21);1H. The predicted octanol–water partition coefficient (Wildman–Crippen LogP) is 2.65. The molecule has 0 aromatic carbocycles. The van der Waals surface area contributed by atoms with Crippen molar-refractivity contribution in [2.75, 3.05) is 32.8 Å². The smallest absolute Gasteiger partial charge is 0.191 e. The molecule has 2 aromatic heterocycles. The maximum atomic E-state index is 5.56. The van der Waals surface area contributed by atoms with Gasteiger partial charge in [-0.05, 0) is 31.9 Å². The molecule has 0 spiro atoms. The van der Waals surface area contributed by atoms with Crippen LogP contribution in [0.4, 0.5) is 0 Å². The lowest BCUT2D eigenvalue weighted by molar-refractivity contribution is 0.130. The Morgan fingerprint density at radius 2 is 2.00 bits per heavy atom. The molecule has 0 radical (unpaired) electrons. The fourth-order valence-corrected chi connectivity index (χ4v) is 2.40. The fourth-order valence-electron chi connectivity index (χ4n) is 2.40. The highest BCUT2D eigenvalue weighted by Gasteiger charge is 2.04. The van der Waals surface area contributed by atoms with E-state index in [1.807, 2.05) is 28.8 Å². The van der Waals surface area contributed by atoms with Gasteiger partial charge in [-0.15, -0.1) is 34.2 Å². The molecule has 26 heavy (non-hydrogen) atoms. The Bertz CT molecular complexity index is 645. The highest BCUT2D eigenvalue weighted by Crippen LogP contribution is 2.02. The Hall–Kier alpha value is -1.42. The second kappa shape index (κ2) is 13.7. The molecule has 0 bridgehead atoms. The zero-order chi connectivity index (χ0) is 17.7. The summed E-state index contributed by atoms with van der Waals surface area (Å²) < 4.78 is 7.57. The Morgan fingerprint density at radius 3 is 2.81 bits per heavy atom. The van der Waals surface area contributed by atoms with E-state index in [0.717, 1.165) is 69.5 Å². The molecule has 2 aromatic rings. The number of ether oxygens (including phenoxy) is 1. The third-order valence-electron chi connectivity index (χ3n) is 3.73. The third kappa shape index (κ3) is 7.86. The van der Waals surface area contributed by atoms with E-state index in [9.17, 15) is 0 Å². The van der Waals surface area contributed by atoms with E-state index in [0.29, 0.717) is 0 Å². The highest BCUT2D eigenvalue weighted by molar-refractivity contribution is 14.0. The van der Waals surface area contributed by atoms with Crippen molar-refractivity contribution in [2.45, 2.75) is 39.5 Å². The van der Waals surface area contributed by atoms with Gasteiger partial charge >= 0.3 is 0 Å². The average Bonchev–Trinajstić information content (AvgIpc) is 3.04. The molecule has 146 valence electrons. The molecular weight excluding hydrogens is 443 g/mol. The first-order chi connectivity index (χ1) is 12.3. The molecule has 0 aliphatic rings. The van der Waals surface area contributed by atoms with Crippen molar-refractivity contribution < 1.29 is 4.74 Å². The van der Waals surface area contributed by atoms with E-state index >= 15 is 0 Å². The quantitative estimate of drug-likeness (QED) is 0.227. The van der Waals surface area contributed by atoms with Crippen LogP contribution in [0.3, 0.4) is 0 Å². The van der Waals surface area contributed by atoms with Crippen LogP contribution in [0, 0.1) is 0 Å². The highest BCUT2D eigenvalue weighted by atomic mass is 127. The molecule has 0 aliphatic heterocycles. The molecule has 7 nitrogen and oxygen atoms in total. The van der Waals surface area contributed by atoms with Gasteiger partial charge in [0.2, 0.25) is 0 Å². The monoisotopic (exact) mass is 474 g/mol. The van der Waals surface area contributed by atoms with Crippen LogP contribution in [-0.2, 0) is 11.2 Å². The van der Waals surface area contributed by atoms with Crippen LogP contribution in [0.2, 0.25) is 0 Å². The van der Waals surface area contributed by atoms with Crippen LogP contribution in [0.25, 0.3) is 5.65 Å². The van der Waals surface area contributed by atoms with Gasteiger partial charge in [0.25, 0.3) is 0 Å². The number of fused-ring (bicyclic) bond motifs is 1. The number of guanidine groups is 1. The van der Waals surface area contributed by atoms with Gasteiger partial charge in [0, 0.05) is 45.5 Å². The summed E-state index contributed by atoms with van der Waals surface area (Å²) in [4.78, 5) is 4.58. The van der Waals surface area contributed by atoms with E-state index in [4.69, 9.17) is 4.74 Å². The van der Waals surface area contributed by atoms with Gasteiger partial charge in [0.05, 0.1) is 0 Å². The first-order valence-corrected chi connectivity index (χ1v) is 9.23.